The van der Waals surface area contributed by atoms with Gasteiger partial charge in [0.25, 0.3) is 0 Å². The summed E-state index contributed by atoms with van der Waals surface area (Å²) in [7, 11) is 0. The molecule has 0 aromatic carbocycles. The lowest BCUT2D eigenvalue weighted by molar-refractivity contribution is -0.143. The normalized spacial score (nSPS) is 38.3. The number of hydrogen-bond acceptors (Lipinski definition) is 3. The van der Waals surface area contributed by atoms with Crippen molar-refractivity contribution >= 4 is 5.97 Å². The maximum Gasteiger partial charge on any atom is 0.310 e. The van der Waals surface area contributed by atoms with Crippen LogP contribution in [0.2, 0.25) is 0 Å². The van der Waals surface area contributed by atoms with Gasteiger partial charge in [-0.1, -0.05) is 13.0 Å². The minimum Gasteiger partial charge on any atom is -0.461 e. The molecule has 3 aliphatic heterocycles. The van der Waals surface area contributed by atoms with Crippen molar-refractivity contribution in [3.63, 3.8) is 0 Å². The molecule has 2 atom stereocenters. The Balaban J connectivity index is 1.87. The third-order valence-corrected chi connectivity index (χ3v) is 5.47. The van der Waals surface area contributed by atoms with Crippen molar-refractivity contribution in [3.05, 3.63) is 22.8 Å². The molecule has 0 amide bonds. The van der Waals surface area contributed by atoms with Crippen molar-refractivity contribution in [1.82, 2.24) is 4.90 Å². The van der Waals surface area contributed by atoms with Crippen molar-refractivity contribution in [1.29, 1.82) is 0 Å². The molecule has 3 heterocycles. The van der Waals surface area contributed by atoms with Gasteiger partial charge in [0.05, 0.1) is 12.0 Å². The van der Waals surface area contributed by atoms with Crippen molar-refractivity contribution < 1.29 is 9.53 Å². The number of carbonyl (C=O) groups excluding carboxylic acids is 1. The fourth-order valence-corrected chi connectivity index (χ4v) is 4.64. The minimum absolute atomic E-state index is 0.0283. The molecule has 0 N–H and O–H groups in total. The van der Waals surface area contributed by atoms with Crippen molar-refractivity contribution in [2.45, 2.75) is 44.6 Å². The van der Waals surface area contributed by atoms with Crippen LogP contribution in [0.25, 0.3) is 0 Å². The number of nitrogens with zero attached hydrogens (tertiary/aromatic N) is 1. The molecule has 3 nitrogen and oxygen atoms in total. The van der Waals surface area contributed by atoms with Crippen molar-refractivity contribution in [2.24, 2.45) is 5.92 Å². The molecular weight excluding hydrogens is 238 g/mol. The van der Waals surface area contributed by atoms with Crippen LogP contribution in [-0.2, 0) is 9.53 Å². The van der Waals surface area contributed by atoms with Crippen molar-refractivity contribution in [2.75, 3.05) is 19.7 Å². The zero-order valence-electron chi connectivity index (χ0n) is 11.6. The molecule has 0 radical (unpaired) electrons. The Morgan fingerprint density at radius 1 is 1.37 bits per heavy atom. The smallest absolute Gasteiger partial charge is 0.310 e. The fraction of sp³-hybridized carbons (Fsp3) is 0.688. The highest BCUT2D eigenvalue weighted by Gasteiger charge is 2.53. The molecule has 1 aliphatic carbocycles. The minimum atomic E-state index is -0.0283. The molecule has 0 aromatic heterocycles. The van der Waals surface area contributed by atoms with Gasteiger partial charge >= 0.3 is 5.97 Å². The van der Waals surface area contributed by atoms with Gasteiger partial charge in [-0.3, -0.25) is 9.69 Å². The molecule has 0 saturated carbocycles. The second-order valence-corrected chi connectivity index (χ2v) is 6.54. The van der Waals surface area contributed by atoms with E-state index in [1.165, 1.54) is 37.0 Å². The average molecular weight is 259 g/mol. The van der Waals surface area contributed by atoms with Gasteiger partial charge in [0.15, 0.2) is 0 Å². The van der Waals surface area contributed by atoms with Crippen LogP contribution in [-0.4, -0.2) is 36.1 Å². The molecule has 102 valence electrons. The number of rotatable bonds is 0. The van der Waals surface area contributed by atoms with Crippen LogP contribution in [0.15, 0.2) is 22.8 Å². The third-order valence-electron chi connectivity index (χ3n) is 5.47. The van der Waals surface area contributed by atoms with Gasteiger partial charge in [-0.15, -0.1) is 0 Å². The quantitative estimate of drug-likeness (QED) is 0.494. The lowest BCUT2D eigenvalue weighted by Gasteiger charge is -2.50. The predicted molar refractivity (Wildman–Crippen MR) is 72.6 cm³/mol. The first-order valence-electron chi connectivity index (χ1n) is 7.52. The van der Waals surface area contributed by atoms with Crippen LogP contribution < -0.4 is 0 Å². The van der Waals surface area contributed by atoms with E-state index in [9.17, 15) is 4.79 Å². The third kappa shape index (κ3) is 1.51. The highest BCUT2D eigenvalue weighted by molar-refractivity contribution is 5.76. The summed E-state index contributed by atoms with van der Waals surface area (Å²) in [6.07, 6.45) is 7.67. The number of esters is 1. The van der Waals surface area contributed by atoms with E-state index < -0.39 is 0 Å². The largest absolute Gasteiger partial charge is 0.461 e. The van der Waals surface area contributed by atoms with E-state index in [0.29, 0.717) is 18.9 Å². The van der Waals surface area contributed by atoms with Gasteiger partial charge in [-0.05, 0) is 48.3 Å². The van der Waals surface area contributed by atoms with Crippen LogP contribution in [0.4, 0.5) is 0 Å². The maximum atomic E-state index is 11.8. The molecule has 1 saturated heterocycles. The lowest BCUT2D eigenvalue weighted by Crippen LogP contribution is -2.53. The second kappa shape index (κ2) is 3.95. The van der Waals surface area contributed by atoms with E-state index in [4.69, 9.17) is 4.74 Å². The van der Waals surface area contributed by atoms with E-state index in [0.717, 1.165) is 13.0 Å². The highest BCUT2D eigenvalue weighted by Crippen LogP contribution is 2.53. The monoisotopic (exact) mass is 259 g/mol. The summed E-state index contributed by atoms with van der Waals surface area (Å²) in [4.78, 5) is 14.4. The van der Waals surface area contributed by atoms with E-state index >= 15 is 0 Å². The molecule has 1 fully saturated rings. The first-order chi connectivity index (χ1) is 9.20. The van der Waals surface area contributed by atoms with Gasteiger partial charge in [0.2, 0.25) is 0 Å². The Kier molecular flexibility index (Phi) is 2.44. The van der Waals surface area contributed by atoms with E-state index in [1.807, 2.05) is 0 Å². The number of hydrogen-bond donors (Lipinski definition) is 0. The number of allylic oxidation sites excluding steroid dienone is 1. The first kappa shape index (κ1) is 11.7. The van der Waals surface area contributed by atoms with Crippen LogP contribution >= 0.6 is 0 Å². The summed E-state index contributed by atoms with van der Waals surface area (Å²) in [5.41, 5.74) is 4.51. The van der Waals surface area contributed by atoms with E-state index in [2.05, 4.69) is 17.9 Å². The Labute approximate surface area is 114 Å². The van der Waals surface area contributed by atoms with Crippen LogP contribution in [0.3, 0.4) is 0 Å². The number of ether oxygens (including phenoxy) is 1. The molecule has 1 spiro atoms. The molecular formula is C16H21NO2. The molecule has 4 aliphatic rings. The summed E-state index contributed by atoms with van der Waals surface area (Å²) in [6, 6.07) is 0. The van der Waals surface area contributed by atoms with Crippen LogP contribution in [0.1, 0.15) is 39.0 Å². The van der Waals surface area contributed by atoms with Gasteiger partial charge in [-0.25, -0.2) is 0 Å². The van der Waals surface area contributed by atoms with Crippen LogP contribution in [0, 0.1) is 5.92 Å². The zero-order chi connectivity index (χ0) is 13.0. The zero-order valence-corrected chi connectivity index (χ0v) is 11.6. The number of cyclic esters (lactones) is 1. The highest BCUT2D eigenvalue weighted by atomic mass is 16.5. The van der Waals surface area contributed by atoms with Crippen LogP contribution in [0.5, 0.6) is 0 Å². The fourth-order valence-electron chi connectivity index (χ4n) is 4.64. The van der Waals surface area contributed by atoms with E-state index in [-0.39, 0.29) is 11.5 Å². The summed E-state index contributed by atoms with van der Waals surface area (Å²) in [6.45, 7) is 5.20. The van der Waals surface area contributed by atoms with Gasteiger partial charge in [0, 0.05) is 13.1 Å². The summed E-state index contributed by atoms with van der Waals surface area (Å²) < 4.78 is 5.26. The second-order valence-electron chi connectivity index (χ2n) is 6.54. The van der Waals surface area contributed by atoms with Gasteiger partial charge in [-0.2, -0.15) is 0 Å². The molecule has 0 bridgehead atoms. The molecule has 19 heavy (non-hydrogen) atoms. The molecule has 0 aromatic rings. The predicted octanol–water partition coefficient (Wildman–Crippen LogP) is 2.43. The Morgan fingerprint density at radius 3 is 3.11 bits per heavy atom. The lowest BCUT2D eigenvalue weighted by atomic mass is 9.67. The van der Waals surface area contributed by atoms with Crippen molar-refractivity contribution in [3.8, 4) is 0 Å². The summed E-state index contributed by atoms with van der Waals surface area (Å²) in [5.74, 6) is 0.689. The van der Waals surface area contributed by atoms with Gasteiger partial charge in [0.1, 0.15) is 6.61 Å². The summed E-state index contributed by atoms with van der Waals surface area (Å²) in [5, 5.41) is 0. The Bertz CT molecular complexity index is 505. The first-order valence-corrected chi connectivity index (χ1v) is 7.52. The number of carbonyl (C=O) groups is 1. The summed E-state index contributed by atoms with van der Waals surface area (Å²) >= 11 is 0. The standard InChI is InChI=1S/C16H21NO2/c1-11-2-3-13-5-7-17-6-4-12-10-19-15(18)8-14(12)16(13,17)9-11/h3,11H,2,4-10H2,1H3/t11-,16-/m0/s1. The Hall–Kier alpha value is -1.09. The van der Waals surface area contributed by atoms with Gasteiger partial charge < -0.3 is 4.74 Å². The molecule has 4 rings (SSSR count). The molecule has 3 heteroatoms. The topological polar surface area (TPSA) is 29.5 Å². The molecule has 0 unspecified atom stereocenters. The maximum absolute atomic E-state index is 11.8. The van der Waals surface area contributed by atoms with E-state index in [1.54, 1.807) is 5.57 Å². The Morgan fingerprint density at radius 2 is 2.21 bits per heavy atom. The SMILES string of the molecule is C[C@H]1CC=C2CCN3CCC4=C(CC(=O)OC4)[C@]23C1. The average Bonchev–Trinajstić information content (AvgIpc) is 2.77.